The van der Waals surface area contributed by atoms with E-state index in [4.69, 9.17) is 10.5 Å². The molecule has 5 N–H and O–H groups in total. The number of H-pyrrole nitrogens is 1. The fourth-order valence-corrected chi connectivity index (χ4v) is 3.40. The van der Waals surface area contributed by atoms with Gasteiger partial charge in [0.1, 0.15) is 0 Å². The third-order valence-corrected chi connectivity index (χ3v) is 5.53. The van der Waals surface area contributed by atoms with Gasteiger partial charge in [-0.15, -0.1) is 0 Å². The monoisotopic (exact) mass is 518 g/mol. The van der Waals surface area contributed by atoms with Crippen LogP contribution in [0.2, 0.25) is 0 Å². The maximum Gasteiger partial charge on any atom is 0.416 e. The van der Waals surface area contributed by atoms with Crippen molar-refractivity contribution >= 4 is 23.3 Å². The van der Waals surface area contributed by atoms with Crippen molar-refractivity contribution in [3.63, 3.8) is 0 Å². The molecule has 0 unspecified atom stereocenters. The van der Waals surface area contributed by atoms with Crippen LogP contribution in [-0.4, -0.2) is 33.5 Å². The number of hydrogen-bond acceptors (Lipinski definition) is 6. The first kappa shape index (κ1) is 27.2. The molecule has 37 heavy (non-hydrogen) atoms. The molecular formula is C24H25F3N6O4. The number of halogens is 3. The number of pyridine rings is 1. The molecule has 2 aromatic heterocycles. The van der Waals surface area contributed by atoms with Gasteiger partial charge in [0, 0.05) is 17.4 Å². The summed E-state index contributed by atoms with van der Waals surface area (Å²) in [7, 11) is 0. The molecule has 10 nitrogen and oxygen atoms in total. The molecule has 0 saturated carbocycles. The van der Waals surface area contributed by atoms with Crippen LogP contribution < -0.4 is 26.7 Å². The van der Waals surface area contributed by atoms with Gasteiger partial charge in [0.05, 0.1) is 35.2 Å². The van der Waals surface area contributed by atoms with Crippen LogP contribution in [0.15, 0.2) is 41.5 Å². The number of rotatable bonds is 7. The highest BCUT2D eigenvalue weighted by atomic mass is 19.4. The second-order valence-electron chi connectivity index (χ2n) is 8.53. The number of ether oxygens (including phenoxy) is 1. The Morgan fingerprint density at radius 3 is 2.43 bits per heavy atom. The average molecular weight is 518 g/mol. The third kappa shape index (κ3) is 6.05. The van der Waals surface area contributed by atoms with Crippen molar-refractivity contribution in [3.05, 3.63) is 63.8 Å². The summed E-state index contributed by atoms with van der Waals surface area (Å²) >= 11 is 0. The van der Waals surface area contributed by atoms with Gasteiger partial charge >= 0.3 is 12.2 Å². The Bertz CT molecular complexity index is 1400. The lowest BCUT2D eigenvalue weighted by molar-refractivity contribution is -0.139. The molecule has 3 aromatic rings. The molecule has 0 spiro atoms. The van der Waals surface area contributed by atoms with E-state index in [1.807, 2.05) is 0 Å². The number of benzene rings is 1. The number of aryl methyl sites for hydroxylation is 1. The molecule has 196 valence electrons. The number of hydrogen-bond donors (Lipinski definition) is 4. The highest BCUT2D eigenvalue weighted by molar-refractivity contribution is 6.00. The van der Waals surface area contributed by atoms with Crippen molar-refractivity contribution in [1.29, 1.82) is 0 Å². The maximum atomic E-state index is 13.7. The Balaban J connectivity index is 1.81. The van der Waals surface area contributed by atoms with Crippen molar-refractivity contribution in [1.82, 2.24) is 15.0 Å². The summed E-state index contributed by atoms with van der Waals surface area (Å²) in [5, 5.41) is 4.82. The fourth-order valence-electron chi connectivity index (χ4n) is 3.40. The summed E-state index contributed by atoms with van der Waals surface area (Å²) in [6.07, 6.45) is -2.05. The highest BCUT2D eigenvalue weighted by Gasteiger charge is 2.40. The van der Waals surface area contributed by atoms with Crippen LogP contribution in [0.5, 0.6) is 5.75 Å². The first-order valence-electron chi connectivity index (χ1n) is 11.0. The van der Waals surface area contributed by atoms with Crippen molar-refractivity contribution < 1.29 is 27.5 Å². The number of aromatic amines is 1. The van der Waals surface area contributed by atoms with Crippen LogP contribution >= 0.6 is 0 Å². The first-order chi connectivity index (χ1) is 17.2. The predicted octanol–water partition coefficient (Wildman–Crippen LogP) is 3.96. The van der Waals surface area contributed by atoms with Crippen molar-refractivity contribution in [2.24, 2.45) is 5.73 Å². The van der Waals surface area contributed by atoms with Gasteiger partial charge in [-0.2, -0.15) is 13.2 Å². The molecule has 13 heteroatoms. The minimum Gasteiger partial charge on any atom is -0.488 e. The van der Waals surface area contributed by atoms with Gasteiger partial charge in [0.15, 0.2) is 11.6 Å². The number of nitrogens with two attached hydrogens (primary N) is 1. The molecule has 0 saturated heterocycles. The molecule has 0 bridgehead atoms. The van der Waals surface area contributed by atoms with Gasteiger partial charge in [-0.05, 0) is 51.5 Å². The SMILES string of the molecule is CCOc1cc(-c2ncc(NC(=O)Nc3ccc(C(C)(C)C(N)=O)c(C(F)(F)F)c3)c(C)n2)c[nH]c1=O. The zero-order valence-corrected chi connectivity index (χ0v) is 20.4. The zero-order valence-electron chi connectivity index (χ0n) is 20.4. The molecule has 0 aliphatic carbocycles. The molecule has 0 radical (unpaired) electrons. The minimum atomic E-state index is -4.79. The molecule has 0 aliphatic rings. The number of alkyl halides is 3. The second kappa shape index (κ2) is 10.3. The van der Waals surface area contributed by atoms with E-state index in [0.29, 0.717) is 17.9 Å². The smallest absolute Gasteiger partial charge is 0.416 e. The topological polar surface area (TPSA) is 152 Å². The van der Waals surface area contributed by atoms with Gasteiger partial charge in [0.2, 0.25) is 5.91 Å². The Morgan fingerprint density at radius 1 is 1.14 bits per heavy atom. The van der Waals surface area contributed by atoms with Crippen LogP contribution in [0.4, 0.5) is 29.3 Å². The van der Waals surface area contributed by atoms with E-state index in [2.05, 4.69) is 25.6 Å². The quantitative estimate of drug-likeness (QED) is 0.372. The van der Waals surface area contributed by atoms with Crippen LogP contribution in [0.25, 0.3) is 11.4 Å². The number of primary amides is 1. The molecule has 1 aromatic carbocycles. The number of nitrogens with zero attached hydrogens (tertiary/aromatic N) is 2. The number of carbonyl (C=O) groups excluding carboxylic acids is 2. The van der Waals surface area contributed by atoms with E-state index in [0.717, 1.165) is 12.1 Å². The Morgan fingerprint density at radius 2 is 1.84 bits per heavy atom. The van der Waals surface area contributed by atoms with Gasteiger partial charge in [0.25, 0.3) is 5.56 Å². The van der Waals surface area contributed by atoms with E-state index in [1.54, 1.807) is 13.8 Å². The number of nitrogens with one attached hydrogen (secondary N) is 3. The molecule has 0 aliphatic heterocycles. The number of aromatic nitrogens is 3. The summed E-state index contributed by atoms with van der Waals surface area (Å²) in [6.45, 7) is 6.20. The second-order valence-corrected chi connectivity index (χ2v) is 8.53. The van der Waals surface area contributed by atoms with Crippen LogP contribution in [0.1, 0.15) is 37.6 Å². The molecule has 0 fully saturated rings. The number of carbonyl (C=O) groups is 2. The third-order valence-electron chi connectivity index (χ3n) is 5.53. The van der Waals surface area contributed by atoms with Gasteiger partial charge < -0.3 is 26.1 Å². The lowest BCUT2D eigenvalue weighted by Crippen LogP contribution is -2.37. The van der Waals surface area contributed by atoms with Crippen molar-refractivity contribution in [2.45, 2.75) is 39.3 Å². The molecule has 2 heterocycles. The molecule has 0 atom stereocenters. The lowest BCUT2D eigenvalue weighted by atomic mass is 9.80. The van der Waals surface area contributed by atoms with E-state index < -0.39 is 34.7 Å². The first-order valence-corrected chi connectivity index (χ1v) is 11.0. The number of amides is 3. The molecule has 3 rings (SSSR count). The predicted molar refractivity (Wildman–Crippen MR) is 130 cm³/mol. The zero-order chi connectivity index (χ0) is 27.5. The van der Waals surface area contributed by atoms with Gasteiger partial charge in [-0.3, -0.25) is 9.59 Å². The Labute approximate surface area is 209 Å². The van der Waals surface area contributed by atoms with Crippen molar-refractivity contribution in [3.8, 4) is 17.1 Å². The van der Waals surface area contributed by atoms with Crippen molar-refractivity contribution in [2.75, 3.05) is 17.2 Å². The van der Waals surface area contributed by atoms with E-state index >= 15 is 0 Å². The summed E-state index contributed by atoms with van der Waals surface area (Å²) < 4.78 is 46.4. The maximum absolute atomic E-state index is 13.7. The summed E-state index contributed by atoms with van der Waals surface area (Å²) in [5.41, 5.74) is 2.78. The Kier molecular flexibility index (Phi) is 7.55. The highest BCUT2D eigenvalue weighted by Crippen LogP contribution is 2.39. The summed E-state index contributed by atoms with van der Waals surface area (Å²) in [6, 6.07) is 3.73. The lowest BCUT2D eigenvalue weighted by Gasteiger charge is -2.26. The number of anilines is 2. The Hall–Kier alpha value is -4.42. The molecular weight excluding hydrogens is 493 g/mol. The average Bonchev–Trinajstić information content (AvgIpc) is 2.81. The largest absolute Gasteiger partial charge is 0.488 e. The van der Waals surface area contributed by atoms with E-state index in [-0.39, 0.29) is 28.5 Å². The van der Waals surface area contributed by atoms with Gasteiger partial charge in [-0.25, -0.2) is 14.8 Å². The van der Waals surface area contributed by atoms with E-state index in [9.17, 15) is 27.6 Å². The van der Waals surface area contributed by atoms with Crippen LogP contribution in [-0.2, 0) is 16.4 Å². The standard InChI is InChI=1S/C24H25F3N6O4/c1-5-37-18-8-13(10-30-20(18)34)19-29-11-17(12(2)31-19)33-22(36)32-14-6-7-15(23(3,4)21(28)35)16(9-14)24(25,26)27/h6-11H,5H2,1-4H3,(H2,28,35)(H,30,34)(H2,32,33,36). The normalized spacial score (nSPS) is 11.6. The van der Waals surface area contributed by atoms with E-state index in [1.165, 1.54) is 38.4 Å². The van der Waals surface area contributed by atoms with Gasteiger partial charge in [-0.1, -0.05) is 6.07 Å². The minimum absolute atomic E-state index is 0.103. The number of urea groups is 1. The molecule has 3 amide bonds. The van der Waals surface area contributed by atoms with Crippen LogP contribution in [0.3, 0.4) is 0 Å². The summed E-state index contributed by atoms with van der Waals surface area (Å²) in [4.78, 5) is 47.0. The fraction of sp³-hybridized carbons (Fsp3) is 0.292. The summed E-state index contributed by atoms with van der Waals surface area (Å²) in [5.74, 6) is -0.569. The van der Waals surface area contributed by atoms with Crippen LogP contribution in [0, 0.1) is 6.92 Å².